The van der Waals surface area contributed by atoms with Crippen LogP contribution in [0.3, 0.4) is 0 Å². The van der Waals surface area contributed by atoms with Crippen LogP contribution in [0.5, 0.6) is 0 Å². The summed E-state index contributed by atoms with van der Waals surface area (Å²) in [7, 11) is 0. The van der Waals surface area contributed by atoms with Gasteiger partial charge in [0.25, 0.3) is 5.56 Å². The molecule has 3 rings (SSSR count). The van der Waals surface area contributed by atoms with Crippen LogP contribution in [-0.4, -0.2) is 9.55 Å². The smallest absolute Gasteiger partial charge is 0.254 e. The highest BCUT2D eigenvalue weighted by Crippen LogP contribution is 2.28. The van der Waals surface area contributed by atoms with Gasteiger partial charge in [0.2, 0.25) is 0 Å². The van der Waals surface area contributed by atoms with Crippen LogP contribution in [0.25, 0.3) is 11.3 Å². The van der Waals surface area contributed by atoms with Crippen LogP contribution in [0, 0.1) is 5.82 Å². The van der Waals surface area contributed by atoms with Crippen LogP contribution >= 0.6 is 0 Å². The molecule has 0 unspecified atom stereocenters. The van der Waals surface area contributed by atoms with Gasteiger partial charge in [0.05, 0.1) is 12.0 Å². The number of nitrogens with zero attached hydrogens (tertiary/aromatic N) is 2. The molecule has 1 aromatic carbocycles. The predicted octanol–water partition coefficient (Wildman–Crippen LogP) is 3.16. The Balaban J connectivity index is 1.94. The molecule has 0 saturated heterocycles. The van der Waals surface area contributed by atoms with Gasteiger partial charge in [-0.2, -0.15) is 0 Å². The lowest BCUT2D eigenvalue weighted by Gasteiger charge is -2.12. The highest BCUT2D eigenvalue weighted by Gasteiger charge is 2.18. The molecular weight excluding hydrogens is 243 g/mol. The molecule has 0 bridgehead atoms. The SMILES string of the molecule is O=c1cc(-c2ccc(F)cc2)ncn1C1CCCC1. The molecule has 19 heavy (non-hydrogen) atoms. The van der Waals surface area contributed by atoms with Crippen molar-refractivity contribution in [2.45, 2.75) is 31.7 Å². The standard InChI is InChI=1S/C15H15FN2O/c16-12-7-5-11(6-8-12)14-9-15(19)18(10-17-14)13-3-1-2-4-13/h5-10,13H,1-4H2. The maximum atomic E-state index is 12.9. The zero-order valence-electron chi connectivity index (χ0n) is 10.6. The van der Waals surface area contributed by atoms with E-state index in [0.29, 0.717) is 11.7 Å². The Morgan fingerprint density at radius 1 is 1.16 bits per heavy atom. The number of hydrogen-bond donors (Lipinski definition) is 0. The van der Waals surface area contributed by atoms with Crippen molar-refractivity contribution in [1.29, 1.82) is 0 Å². The average Bonchev–Trinajstić information content (AvgIpc) is 2.93. The Morgan fingerprint density at radius 2 is 1.84 bits per heavy atom. The molecule has 1 aliphatic carbocycles. The van der Waals surface area contributed by atoms with E-state index in [0.717, 1.165) is 18.4 Å². The Labute approximate surface area is 110 Å². The van der Waals surface area contributed by atoms with Gasteiger partial charge >= 0.3 is 0 Å². The molecular formula is C15H15FN2O. The van der Waals surface area contributed by atoms with Gasteiger partial charge in [-0.3, -0.25) is 9.36 Å². The Bertz CT molecular complexity index is 627. The van der Waals surface area contributed by atoms with Crippen molar-refractivity contribution >= 4 is 0 Å². The van der Waals surface area contributed by atoms with E-state index < -0.39 is 0 Å². The van der Waals surface area contributed by atoms with Crippen LogP contribution in [0.15, 0.2) is 41.5 Å². The molecule has 1 aromatic heterocycles. The molecule has 1 saturated carbocycles. The van der Waals surface area contributed by atoms with Crippen LogP contribution in [-0.2, 0) is 0 Å². The van der Waals surface area contributed by atoms with Crippen molar-refractivity contribution in [3.8, 4) is 11.3 Å². The molecule has 0 aliphatic heterocycles. The van der Waals surface area contributed by atoms with Crippen LogP contribution in [0.1, 0.15) is 31.7 Å². The highest BCUT2D eigenvalue weighted by atomic mass is 19.1. The quantitative estimate of drug-likeness (QED) is 0.829. The summed E-state index contributed by atoms with van der Waals surface area (Å²) >= 11 is 0. The molecule has 0 amide bonds. The monoisotopic (exact) mass is 258 g/mol. The molecule has 0 radical (unpaired) electrons. The second-order valence-electron chi connectivity index (χ2n) is 4.96. The summed E-state index contributed by atoms with van der Waals surface area (Å²) < 4.78 is 14.6. The zero-order valence-corrected chi connectivity index (χ0v) is 10.6. The average molecular weight is 258 g/mol. The molecule has 0 spiro atoms. The van der Waals surface area contributed by atoms with Gasteiger partial charge in [-0.1, -0.05) is 12.8 Å². The Kier molecular flexibility index (Phi) is 3.15. The number of hydrogen-bond acceptors (Lipinski definition) is 2. The van der Waals surface area contributed by atoms with Crippen molar-refractivity contribution in [2.75, 3.05) is 0 Å². The summed E-state index contributed by atoms with van der Waals surface area (Å²) in [5, 5.41) is 0. The first-order valence-corrected chi connectivity index (χ1v) is 6.58. The van der Waals surface area contributed by atoms with Gasteiger partial charge in [0.1, 0.15) is 5.82 Å². The molecule has 98 valence electrons. The summed E-state index contributed by atoms with van der Waals surface area (Å²) in [5.74, 6) is -0.289. The van der Waals surface area contributed by atoms with E-state index in [2.05, 4.69) is 4.98 Å². The van der Waals surface area contributed by atoms with Crippen molar-refractivity contribution in [1.82, 2.24) is 9.55 Å². The van der Waals surface area contributed by atoms with E-state index in [4.69, 9.17) is 0 Å². The van der Waals surface area contributed by atoms with Crippen molar-refractivity contribution in [3.63, 3.8) is 0 Å². The third-order valence-electron chi connectivity index (χ3n) is 3.69. The first-order valence-electron chi connectivity index (χ1n) is 6.58. The third kappa shape index (κ3) is 2.43. The minimum atomic E-state index is -0.289. The molecule has 0 N–H and O–H groups in total. The lowest BCUT2D eigenvalue weighted by molar-refractivity contribution is 0.495. The normalized spacial score (nSPS) is 15.8. The summed E-state index contributed by atoms with van der Waals surface area (Å²) in [5.41, 5.74) is 1.33. The van der Waals surface area contributed by atoms with Crippen LogP contribution < -0.4 is 5.56 Å². The molecule has 4 heteroatoms. The van der Waals surface area contributed by atoms with E-state index in [-0.39, 0.29) is 11.4 Å². The second kappa shape index (κ2) is 4.96. The van der Waals surface area contributed by atoms with Crippen molar-refractivity contribution in [2.24, 2.45) is 0 Å². The summed E-state index contributed by atoms with van der Waals surface area (Å²) in [6.45, 7) is 0. The number of benzene rings is 1. The topological polar surface area (TPSA) is 34.9 Å². The third-order valence-corrected chi connectivity index (χ3v) is 3.69. The van der Waals surface area contributed by atoms with Gasteiger partial charge in [-0.25, -0.2) is 9.37 Å². The fourth-order valence-electron chi connectivity index (χ4n) is 2.65. The van der Waals surface area contributed by atoms with Gasteiger partial charge in [0.15, 0.2) is 0 Å². The van der Waals surface area contributed by atoms with E-state index in [9.17, 15) is 9.18 Å². The van der Waals surface area contributed by atoms with Gasteiger partial charge < -0.3 is 0 Å². The Hall–Kier alpha value is -1.97. The van der Waals surface area contributed by atoms with Gasteiger partial charge in [0, 0.05) is 17.7 Å². The van der Waals surface area contributed by atoms with Crippen LogP contribution in [0.2, 0.25) is 0 Å². The van der Waals surface area contributed by atoms with Crippen LogP contribution in [0.4, 0.5) is 4.39 Å². The second-order valence-corrected chi connectivity index (χ2v) is 4.96. The number of rotatable bonds is 2. The molecule has 0 atom stereocenters. The van der Waals surface area contributed by atoms with Crippen molar-refractivity contribution in [3.05, 3.63) is 52.8 Å². The fraction of sp³-hybridized carbons (Fsp3) is 0.333. The van der Waals surface area contributed by atoms with E-state index in [1.807, 2.05) is 0 Å². The van der Waals surface area contributed by atoms with Crippen molar-refractivity contribution < 1.29 is 4.39 Å². The first-order chi connectivity index (χ1) is 9.24. The lowest BCUT2D eigenvalue weighted by atomic mass is 10.1. The number of aromatic nitrogens is 2. The fourth-order valence-corrected chi connectivity index (χ4v) is 2.65. The Morgan fingerprint density at radius 3 is 2.47 bits per heavy atom. The first kappa shape index (κ1) is 12.1. The molecule has 1 fully saturated rings. The molecule has 3 nitrogen and oxygen atoms in total. The summed E-state index contributed by atoms with van der Waals surface area (Å²) in [4.78, 5) is 16.4. The van der Waals surface area contributed by atoms with E-state index in [1.165, 1.54) is 31.0 Å². The lowest BCUT2D eigenvalue weighted by Crippen LogP contribution is -2.23. The summed E-state index contributed by atoms with van der Waals surface area (Å²) in [6.07, 6.45) is 6.08. The zero-order chi connectivity index (χ0) is 13.2. The molecule has 1 aliphatic rings. The summed E-state index contributed by atoms with van der Waals surface area (Å²) in [6, 6.07) is 7.85. The predicted molar refractivity (Wildman–Crippen MR) is 71.4 cm³/mol. The maximum absolute atomic E-state index is 12.9. The molecule has 1 heterocycles. The highest BCUT2D eigenvalue weighted by molar-refractivity contribution is 5.57. The maximum Gasteiger partial charge on any atom is 0.254 e. The minimum absolute atomic E-state index is 0.0266. The molecule has 2 aromatic rings. The number of halogens is 1. The van der Waals surface area contributed by atoms with E-state index >= 15 is 0 Å². The van der Waals surface area contributed by atoms with Gasteiger partial charge in [-0.05, 0) is 37.1 Å². The minimum Gasteiger partial charge on any atom is -0.296 e. The van der Waals surface area contributed by atoms with Gasteiger partial charge in [-0.15, -0.1) is 0 Å². The van der Waals surface area contributed by atoms with E-state index in [1.54, 1.807) is 23.0 Å². The largest absolute Gasteiger partial charge is 0.296 e.